The Labute approximate surface area is 115 Å². The van der Waals surface area contributed by atoms with Gasteiger partial charge in [0, 0.05) is 11.7 Å². The zero-order chi connectivity index (χ0) is 14.5. The van der Waals surface area contributed by atoms with Crippen molar-refractivity contribution in [2.75, 3.05) is 5.32 Å². The van der Waals surface area contributed by atoms with Crippen molar-refractivity contribution < 1.29 is 4.79 Å². The van der Waals surface area contributed by atoms with Crippen LogP contribution >= 0.6 is 0 Å². The number of benzene rings is 1. The molecule has 0 spiro atoms. The predicted octanol–water partition coefficient (Wildman–Crippen LogP) is 3.19. The molecule has 1 aliphatic rings. The van der Waals surface area contributed by atoms with Gasteiger partial charge in [-0.2, -0.15) is 0 Å². The molecule has 0 aromatic heterocycles. The highest BCUT2D eigenvalue weighted by atomic mass is 16.2. The van der Waals surface area contributed by atoms with Crippen LogP contribution in [0.5, 0.6) is 0 Å². The second-order valence-electron chi connectivity index (χ2n) is 6.49. The van der Waals surface area contributed by atoms with Gasteiger partial charge in [0.2, 0.25) is 5.91 Å². The molecule has 0 bridgehead atoms. The molecule has 1 unspecified atom stereocenters. The van der Waals surface area contributed by atoms with Gasteiger partial charge in [0.15, 0.2) is 0 Å². The number of amides is 1. The zero-order valence-electron chi connectivity index (χ0n) is 12.7. The van der Waals surface area contributed by atoms with Crippen LogP contribution < -0.4 is 11.1 Å². The van der Waals surface area contributed by atoms with Crippen molar-refractivity contribution in [3.05, 3.63) is 28.3 Å². The molecule has 0 fully saturated rings. The number of hydrogen-bond acceptors (Lipinski definition) is 2. The van der Waals surface area contributed by atoms with Crippen molar-refractivity contribution in [3.63, 3.8) is 0 Å². The summed E-state index contributed by atoms with van der Waals surface area (Å²) in [5.41, 5.74) is 11.4. The van der Waals surface area contributed by atoms with E-state index in [2.05, 4.69) is 39.1 Å². The Hall–Kier alpha value is -1.35. The minimum absolute atomic E-state index is 0.00972. The average Bonchev–Trinajstić information content (AvgIpc) is 2.55. The van der Waals surface area contributed by atoms with Gasteiger partial charge >= 0.3 is 0 Å². The van der Waals surface area contributed by atoms with Gasteiger partial charge in [-0.1, -0.05) is 19.9 Å². The Morgan fingerprint density at radius 3 is 2.32 bits per heavy atom. The Bertz CT molecular complexity index is 544. The monoisotopic (exact) mass is 260 g/mol. The van der Waals surface area contributed by atoms with E-state index < -0.39 is 5.41 Å². The van der Waals surface area contributed by atoms with E-state index in [1.807, 2.05) is 13.8 Å². The fourth-order valence-electron chi connectivity index (χ4n) is 2.69. The molecule has 2 rings (SSSR count). The summed E-state index contributed by atoms with van der Waals surface area (Å²) in [6, 6.07) is 2.13. The third-order valence-electron chi connectivity index (χ3n) is 4.50. The number of anilines is 1. The summed E-state index contributed by atoms with van der Waals surface area (Å²) in [6.45, 7) is 12.3. The second-order valence-corrected chi connectivity index (χ2v) is 6.49. The molecule has 1 atom stereocenters. The van der Waals surface area contributed by atoms with Crippen molar-refractivity contribution in [2.45, 2.75) is 53.0 Å². The van der Waals surface area contributed by atoms with E-state index in [9.17, 15) is 4.79 Å². The van der Waals surface area contributed by atoms with Gasteiger partial charge in [0.25, 0.3) is 0 Å². The average molecular weight is 260 g/mol. The molecule has 3 heteroatoms. The van der Waals surface area contributed by atoms with E-state index in [0.29, 0.717) is 5.92 Å². The maximum atomic E-state index is 12.1. The van der Waals surface area contributed by atoms with Crippen LogP contribution in [0.3, 0.4) is 0 Å². The van der Waals surface area contributed by atoms with E-state index in [1.54, 1.807) is 0 Å². The van der Waals surface area contributed by atoms with E-state index in [1.165, 1.54) is 5.56 Å². The van der Waals surface area contributed by atoms with Crippen molar-refractivity contribution in [1.29, 1.82) is 0 Å². The highest BCUT2D eigenvalue weighted by Gasteiger charge is 2.40. The molecule has 3 N–H and O–H groups in total. The van der Waals surface area contributed by atoms with E-state index >= 15 is 0 Å². The number of hydrogen-bond donors (Lipinski definition) is 2. The molecule has 19 heavy (non-hydrogen) atoms. The molecule has 0 saturated carbocycles. The molecule has 1 heterocycles. The fourth-order valence-corrected chi connectivity index (χ4v) is 2.69. The number of rotatable bonds is 2. The van der Waals surface area contributed by atoms with Gasteiger partial charge in [0.1, 0.15) is 0 Å². The molecular formula is C16H24N2O. The number of carbonyl (C=O) groups excluding carboxylic acids is 1. The summed E-state index contributed by atoms with van der Waals surface area (Å²) in [5.74, 6) is 0.449. The van der Waals surface area contributed by atoms with Gasteiger partial charge < -0.3 is 11.1 Å². The molecule has 1 aromatic carbocycles. The smallest absolute Gasteiger partial charge is 0.234 e. The highest BCUT2D eigenvalue weighted by molar-refractivity contribution is 6.06. The molecule has 104 valence electrons. The standard InChI is InChI=1S/C16H24N2O/c1-8(2)13(17)11-7-12-14(10(4)9(11)3)18-15(19)16(12,5)6/h7-8,13H,17H2,1-6H3,(H,18,19). The lowest BCUT2D eigenvalue weighted by molar-refractivity contribution is -0.119. The SMILES string of the molecule is Cc1c(C(N)C(C)C)cc2c(c1C)NC(=O)C2(C)C. The first-order valence-corrected chi connectivity index (χ1v) is 6.89. The summed E-state index contributed by atoms with van der Waals surface area (Å²) in [4.78, 5) is 12.1. The molecule has 3 nitrogen and oxygen atoms in total. The Kier molecular flexibility index (Phi) is 3.21. The maximum absolute atomic E-state index is 12.1. The Balaban J connectivity index is 2.67. The fraction of sp³-hybridized carbons (Fsp3) is 0.562. The summed E-state index contributed by atoms with van der Waals surface area (Å²) in [7, 11) is 0. The van der Waals surface area contributed by atoms with Gasteiger partial charge in [0.05, 0.1) is 5.41 Å². The van der Waals surface area contributed by atoms with Crippen molar-refractivity contribution >= 4 is 11.6 Å². The largest absolute Gasteiger partial charge is 0.325 e. The van der Waals surface area contributed by atoms with Crippen LogP contribution in [-0.2, 0) is 10.2 Å². The first kappa shape index (κ1) is 14.1. The van der Waals surface area contributed by atoms with Gasteiger partial charge in [-0.05, 0) is 55.9 Å². The number of nitrogens with two attached hydrogens (primary N) is 1. The Morgan fingerprint density at radius 1 is 1.21 bits per heavy atom. The molecule has 1 amide bonds. The normalized spacial score (nSPS) is 18.4. The van der Waals surface area contributed by atoms with Gasteiger partial charge in [-0.15, -0.1) is 0 Å². The Morgan fingerprint density at radius 2 is 1.79 bits per heavy atom. The number of carbonyl (C=O) groups is 1. The van der Waals surface area contributed by atoms with E-state index in [-0.39, 0.29) is 11.9 Å². The van der Waals surface area contributed by atoms with Crippen LogP contribution in [0.4, 0.5) is 5.69 Å². The van der Waals surface area contributed by atoms with Crippen molar-refractivity contribution in [1.82, 2.24) is 0 Å². The van der Waals surface area contributed by atoms with Crippen LogP contribution in [0.15, 0.2) is 6.07 Å². The lowest BCUT2D eigenvalue weighted by atomic mass is 9.81. The number of fused-ring (bicyclic) bond motifs is 1. The first-order valence-electron chi connectivity index (χ1n) is 6.89. The summed E-state index contributed by atoms with van der Waals surface area (Å²) < 4.78 is 0. The second kappa shape index (κ2) is 4.34. The predicted molar refractivity (Wildman–Crippen MR) is 79.3 cm³/mol. The summed E-state index contributed by atoms with van der Waals surface area (Å²) in [6.07, 6.45) is 0. The van der Waals surface area contributed by atoms with Gasteiger partial charge in [-0.25, -0.2) is 0 Å². The third kappa shape index (κ3) is 1.96. The third-order valence-corrected chi connectivity index (χ3v) is 4.50. The maximum Gasteiger partial charge on any atom is 0.234 e. The lowest BCUT2D eigenvalue weighted by Crippen LogP contribution is -2.27. The van der Waals surface area contributed by atoms with Crippen LogP contribution in [-0.4, -0.2) is 5.91 Å². The van der Waals surface area contributed by atoms with E-state index in [4.69, 9.17) is 5.73 Å². The van der Waals surface area contributed by atoms with Crippen LogP contribution in [0, 0.1) is 19.8 Å². The molecule has 1 aromatic rings. The minimum atomic E-state index is -0.473. The topological polar surface area (TPSA) is 55.1 Å². The first-order chi connectivity index (χ1) is 8.67. The van der Waals surface area contributed by atoms with Crippen molar-refractivity contribution in [2.24, 2.45) is 11.7 Å². The van der Waals surface area contributed by atoms with Crippen LogP contribution in [0.25, 0.3) is 0 Å². The zero-order valence-corrected chi connectivity index (χ0v) is 12.7. The van der Waals surface area contributed by atoms with Gasteiger partial charge in [-0.3, -0.25) is 4.79 Å². The van der Waals surface area contributed by atoms with E-state index in [0.717, 1.165) is 22.4 Å². The molecular weight excluding hydrogens is 236 g/mol. The van der Waals surface area contributed by atoms with Crippen molar-refractivity contribution in [3.8, 4) is 0 Å². The van der Waals surface area contributed by atoms with Crippen LogP contribution in [0.2, 0.25) is 0 Å². The summed E-state index contributed by atoms with van der Waals surface area (Å²) >= 11 is 0. The minimum Gasteiger partial charge on any atom is -0.325 e. The lowest BCUT2D eigenvalue weighted by Gasteiger charge is -2.24. The quantitative estimate of drug-likeness (QED) is 0.858. The van der Waals surface area contributed by atoms with Crippen LogP contribution in [0.1, 0.15) is 56.0 Å². The molecule has 1 aliphatic heterocycles. The highest BCUT2D eigenvalue weighted by Crippen LogP contribution is 2.42. The molecule has 0 radical (unpaired) electrons. The number of nitrogens with one attached hydrogen (secondary N) is 1. The molecule has 0 saturated heterocycles. The summed E-state index contributed by atoms with van der Waals surface area (Å²) in [5, 5.41) is 3.01. The molecule has 0 aliphatic carbocycles.